The zero-order valence-corrected chi connectivity index (χ0v) is 14.6. The number of para-hydroxylation sites is 2. The van der Waals surface area contributed by atoms with Crippen LogP contribution < -0.4 is 0 Å². The average molecular weight is 380 g/mol. The number of carbonyl (C=O) groups excluding carboxylic acids is 1. The van der Waals surface area contributed by atoms with E-state index in [0.29, 0.717) is 23.3 Å². The number of unbranched alkanes of at least 4 members (excludes halogenated alkanes) is 2. The molecule has 0 bridgehead atoms. The fraction of sp³-hybridized carbons (Fsp3) is 0.467. The Labute approximate surface area is 149 Å². The van der Waals surface area contributed by atoms with Gasteiger partial charge in [0.2, 0.25) is 3.79 Å². The van der Waals surface area contributed by atoms with Crippen molar-refractivity contribution < 1.29 is 14.6 Å². The molecule has 0 fully saturated rings. The minimum absolute atomic E-state index is 0.154. The Hall–Kier alpha value is -1.01. The van der Waals surface area contributed by atoms with Crippen molar-refractivity contribution in [1.82, 2.24) is 9.55 Å². The summed E-state index contributed by atoms with van der Waals surface area (Å²) in [5.74, 6) is 0.596. The smallest absolute Gasteiger partial charge is 0.420 e. The van der Waals surface area contributed by atoms with Crippen LogP contribution in [0.15, 0.2) is 24.3 Å². The van der Waals surface area contributed by atoms with E-state index in [1.54, 1.807) is 6.07 Å². The van der Waals surface area contributed by atoms with Crippen LogP contribution in [-0.2, 0) is 11.2 Å². The highest BCUT2D eigenvalue weighted by atomic mass is 35.6. The van der Waals surface area contributed by atoms with Crippen LogP contribution in [0.4, 0.5) is 4.79 Å². The largest absolute Gasteiger partial charge is 0.444 e. The van der Waals surface area contributed by atoms with E-state index >= 15 is 0 Å². The normalized spacial score (nSPS) is 11.8. The fourth-order valence-corrected chi connectivity index (χ4v) is 2.39. The highest BCUT2D eigenvalue weighted by Gasteiger charge is 2.24. The zero-order valence-electron chi connectivity index (χ0n) is 12.3. The van der Waals surface area contributed by atoms with Crippen LogP contribution in [0, 0.1) is 0 Å². The first-order valence-corrected chi connectivity index (χ1v) is 8.37. The number of benzene rings is 1. The Balaban J connectivity index is 2.22. The quantitative estimate of drug-likeness (QED) is 0.606. The second kappa shape index (κ2) is 8.20. The summed E-state index contributed by atoms with van der Waals surface area (Å²) < 4.78 is 4.82. The third-order valence-corrected chi connectivity index (χ3v) is 3.56. The minimum Gasteiger partial charge on any atom is -0.444 e. The number of nitrogens with zero attached hydrogens (tertiary/aromatic N) is 2. The predicted octanol–water partition coefficient (Wildman–Crippen LogP) is 4.10. The molecule has 1 N–H and O–H groups in total. The molecule has 0 spiro atoms. The maximum Gasteiger partial charge on any atom is 0.420 e. The first-order chi connectivity index (χ1) is 10.9. The summed E-state index contributed by atoms with van der Waals surface area (Å²) in [7, 11) is 0. The van der Waals surface area contributed by atoms with Gasteiger partial charge in [-0.1, -0.05) is 53.4 Å². The molecule has 0 saturated heterocycles. The number of ether oxygens (including phenoxy) is 1. The van der Waals surface area contributed by atoms with Crippen molar-refractivity contribution in [1.29, 1.82) is 0 Å². The number of fused-ring (bicyclic) bond motifs is 1. The molecule has 2 aromatic rings. The van der Waals surface area contributed by atoms with Gasteiger partial charge in [0.1, 0.15) is 12.4 Å². The van der Waals surface area contributed by atoms with Gasteiger partial charge in [0, 0.05) is 13.0 Å². The number of hydrogen-bond acceptors (Lipinski definition) is 4. The molecule has 0 aliphatic carbocycles. The van der Waals surface area contributed by atoms with Gasteiger partial charge in [-0.15, -0.1) is 0 Å². The van der Waals surface area contributed by atoms with Gasteiger partial charge >= 0.3 is 6.09 Å². The maximum absolute atomic E-state index is 12.4. The van der Waals surface area contributed by atoms with Crippen molar-refractivity contribution in [2.45, 2.75) is 29.5 Å². The van der Waals surface area contributed by atoms with E-state index in [1.165, 1.54) is 4.57 Å². The summed E-state index contributed by atoms with van der Waals surface area (Å²) in [6.45, 7) is -0.186. The van der Waals surface area contributed by atoms with Gasteiger partial charge in [-0.25, -0.2) is 14.3 Å². The number of aryl methyl sites for hydroxylation is 1. The molecule has 0 aliphatic rings. The lowest BCUT2D eigenvalue weighted by Crippen LogP contribution is -2.22. The lowest BCUT2D eigenvalue weighted by molar-refractivity contribution is 0.150. The molecule has 126 valence electrons. The van der Waals surface area contributed by atoms with Crippen molar-refractivity contribution in [2.24, 2.45) is 0 Å². The number of aromatic nitrogens is 2. The number of aliphatic hydroxyl groups excluding tert-OH is 1. The van der Waals surface area contributed by atoms with E-state index in [4.69, 9.17) is 44.6 Å². The van der Waals surface area contributed by atoms with E-state index in [9.17, 15) is 4.79 Å². The van der Waals surface area contributed by atoms with Crippen LogP contribution in [0.5, 0.6) is 0 Å². The molecule has 0 amide bonds. The summed E-state index contributed by atoms with van der Waals surface area (Å²) in [6, 6.07) is 7.28. The molecule has 1 aromatic heterocycles. The molecular formula is C15H17Cl3N2O3. The lowest BCUT2D eigenvalue weighted by Gasteiger charge is -2.13. The van der Waals surface area contributed by atoms with Crippen molar-refractivity contribution >= 4 is 51.9 Å². The fourth-order valence-electron chi connectivity index (χ4n) is 2.23. The van der Waals surface area contributed by atoms with Crippen molar-refractivity contribution in [3.05, 3.63) is 30.1 Å². The van der Waals surface area contributed by atoms with Crippen LogP contribution in [-0.4, -0.2) is 37.8 Å². The third kappa shape index (κ3) is 5.24. The molecule has 0 radical (unpaired) electrons. The van der Waals surface area contributed by atoms with Crippen molar-refractivity contribution in [3.8, 4) is 0 Å². The molecular weight excluding hydrogens is 363 g/mol. The second-order valence-electron chi connectivity index (χ2n) is 5.06. The Morgan fingerprint density at radius 1 is 1.22 bits per heavy atom. The minimum atomic E-state index is -1.66. The van der Waals surface area contributed by atoms with Crippen LogP contribution in [0.2, 0.25) is 0 Å². The van der Waals surface area contributed by atoms with Crippen LogP contribution in [0.25, 0.3) is 11.0 Å². The number of hydrogen-bond donors (Lipinski definition) is 1. The van der Waals surface area contributed by atoms with Gasteiger partial charge in [0.25, 0.3) is 0 Å². The lowest BCUT2D eigenvalue weighted by atomic mass is 10.2. The van der Waals surface area contributed by atoms with Crippen molar-refractivity contribution in [3.63, 3.8) is 0 Å². The molecule has 0 unspecified atom stereocenters. The number of imidazole rings is 1. The molecule has 0 atom stereocenters. The van der Waals surface area contributed by atoms with Gasteiger partial charge in [0.05, 0.1) is 11.0 Å². The topological polar surface area (TPSA) is 64.3 Å². The summed E-state index contributed by atoms with van der Waals surface area (Å²) in [4.78, 5) is 16.8. The van der Waals surface area contributed by atoms with Gasteiger partial charge in [-0.3, -0.25) is 0 Å². The predicted molar refractivity (Wildman–Crippen MR) is 91.4 cm³/mol. The zero-order chi connectivity index (χ0) is 16.9. The first kappa shape index (κ1) is 18.3. The van der Waals surface area contributed by atoms with Gasteiger partial charge in [-0.05, 0) is 25.0 Å². The van der Waals surface area contributed by atoms with E-state index < -0.39 is 9.89 Å². The van der Waals surface area contributed by atoms with Crippen LogP contribution in [0.1, 0.15) is 25.1 Å². The number of alkyl halides is 3. The summed E-state index contributed by atoms with van der Waals surface area (Å²) in [6.07, 6.45) is 2.35. The Morgan fingerprint density at radius 3 is 2.65 bits per heavy atom. The van der Waals surface area contributed by atoms with E-state index in [2.05, 4.69) is 4.98 Å². The monoisotopic (exact) mass is 378 g/mol. The SMILES string of the molecule is O=C(OCC(Cl)(Cl)Cl)n1c(CCCCCO)nc2ccccc21. The molecule has 0 aliphatic heterocycles. The summed E-state index contributed by atoms with van der Waals surface area (Å²) in [5, 5.41) is 8.83. The van der Waals surface area contributed by atoms with Gasteiger partial charge in [-0.2, -0.15) is 0 Å². The van der Waals surface area contributed by atoms with Crippen LogP contribution >= 0.6 is 34.8 Å². The highest BCUT2D eigenvalue weighted by Crippen LogP contribution is 2.26. The molecule has 0 saturated carbocycles. The molecule has 2 rings (SSSR count). The van der Waals surface area contributed by atoms with Crippen LogP contribution in [0.3, 0.4) is 0 Å². The number of halogens is 3. The van der Waals surface area contributed by atoms with E-state index in [-0.39, 0.29) is 13.2 Å². The number of aliphatic hydroxyl groups is 1. The molecule has 1 aromatic carbocycles. The highest BCUT2D eigenvalue weighted by molar-refractivity contribution is 6.67. The standard InChI is InChI=1S/C15H17Cl3N2O3/c16-15(17,18)10-23-14(22)20-12-7-4-3-6-11(12)19-13(20)8-2-1-5-9-21/h3-4,6-7,21H,1-2,5,8-10H2. The summed E-state index contributed by atoms with van der Waals surface area (Å²) in [5.41, 5.74) is 1.36. The van der Waals surface area contributed by atoms with E-state index in [0.717, 1.165) is 19.3 Å². The molecule has 8 heteroatoms. The Kier molecular flexibility index (Phi) is 6.53. The Morgan fingerprint density at radius 2 is 1.96 bits per heavy atom. The van der Waals surface area contributed by atoms with Gasteiger partial charge in [0.15, 0.2) is 0 Å². The van der Waals surface area contributed by atoms with E-state index in [1.807, 2.05) is 18.2 Å². The molecule has 5 nitrogen and oxygen atoms in total. The molecule has 1 heterocycles. The maximum atomic E-state index is 12.4. The van der Waals surface area contributed by atoms with Crippen molar-refractivity contribution in [2.75, 3.05) is 13.2 Å². The molecule has 23 heavy (non-hydrogen) atoms. The van der Waals surface area contributed by atoms with Gasteiger partial charge < -0.3 is 9.84 Å². The Bertz CT molecular complexity index is 668. The summed E-state index contributed by atoms with van der Waals surface area (Å²) >= 11 is 16.9. The average Bonchev–Trinajstić information content (AvgIpc) is 2.87. The third-order valence-electron chi connectivity index (χ3n) is 3.23. The number of carbonyl (C=O) groups is 1. The number of rotatable bonds is 6. The second-order valence-corrected chi connectivity index (χ2v) is 7.57. The first-order valence-electron chi connectivity index (χ1n) is 7.23.